The molecule has 2 aromatic carbocycles. The molecule has 150 valence electrons. The monoisotopic (exact) mass is 382 g/mol. The largest absolute Gasteiger partial charge is 0.497 e. The van der Waals surface area contributed by atoms with Gasteiger partial charge in [0.2, 0.25) is 11.8 Å². The molecular weight excluding hydrogens is 352 g/mol. The van der Waals surface area contributed by atoms with E-state index in [0.717, 1.165) is 23.3 Å². The minimum Gasteiger partial charge on any atom is -0.497 e. The van der Waals surface area contributed by atoms with Gasteiger partial charge in [0.1, 0.15) is 11.8 Å². The first-order chi connectivity index (χ1) is 13.5. The summed E-state index contributed by atoms with van der Waals surface area (Å²) in [4.78, 5) is 26.8. The second kappa shape index (κ2) is 10.5. The first-order valence-corrected chi connectivity index (χ1v) is 9.70. The molecule has 5 heteroatoms. The smallest absolute Gasteiger partial charge is 0.242 e. The van der Waals surface area contributed by atoms with Crippen molar-refractivity contribution in [2.75, 3.05) is 14.2 Å². The lowest BCUT2D eigenvalue weighted by Gasteiger charge is -2.28. The van der Waals surface area contributed by atoms with E-state index in [4.69, 9.17) is 4.74 Å². The molecule has 2 amide bonds. The van der Waals surface area contributed by atoms with E-state index in [1.54, 1.807) is 26.0 Å². The molecule has 0 aromatic heterocycles. The third-order valence-corrected chi connectivity index (χ3v) is 4.98. The highest BCUT2D eigenvalue weighted by atomic mass is 16.5. The summed E-state index contributed by atoms with van der Waals surface area (Å²) in [6.07, 6.45) is 2.02. The van der Waals surface area contributed by atoms with Crippen LogP contribution >= 0.6 is 0 Å². The number of carbonyl (C=O) groups excluding carboxylic acids is 2. The molecule has 0 bridgehead atoms. The maximum atomic E-state index is 13.0. The molecule has 0 saturated carbocycles. The van der Waals surface area contributed by atoms with E-state index in [9.17, 15) is 9.59 Å². The van der Waals surface area contributed by atoms with Crippen LogP contribution in [-0.4, -0.2) is 36.9 Å². The number of likely N-dealkylation sites (N-methyl/N-ethyl adjacent to an activating group) is 1. The fraction of sp³-hybridized carbons (Fsp3) is 0.391. The quantitative estimate of drug-likeness (QED) is 0.724. The molecule has 28 heavy (non-hydrogen) atoms. The molecule has 0 aliphatic heterocycles. The number of aryl methyl sites for hydroxylation is 2. The van der Waals surface area contributed by atoms with Crippen molar-refractivity contribution in [3.63, 3.8) is 0 Å². The Balaban J connectivity index is 2.09. The van der Waals surface area contributed by atoms with Crippen LogP contribution < -0.4 is 10.1 Å². The van der Waals surface area contributed by atoms with Gasteiger partial charge in [-0.2, -0.15) is 0 Å². The van der Waals surface area contributed by atoms with Crippen LogP contribution in [0.1, 0.15) is 37.0 Å². The Bertz CT molecular complexity index is 769. The Morgan fingerprint density at radius 2 is 1.57 bits per heavy atom. The molecule has 0 heterocycles. The molecular formula is C23H30N2O3. The Morgan fingerprint density at radius 1 is 1.00 bits per heavy atom. The van der Waals surface area contributed by atoms with E-state index in [0.29, 0.717) is 19.4 Å². The number of nitrogens with one attached hydrogen (secondary N) is 1. The van der Waals surface area contributed by atoms with Gasteiger partial charge in [-0.25, -0.2) is 0 Å². The van der Waals surface area contributed by atoms with Crippen molar-refractivity contribution >= 4 is 11.8 Å². The topological polar surface area (TPSA) is 58.6 Å². The maximum absolute atomic E-state index is 13.0. The van der Waals surface area contributed by atoms with Gasteiger partial charge in [-0.15, -0.1) is 0 Å². The number of rotatable bonds is 9. The summed E-state index contributed by atoms with van der Waals surface area (Å²) in [5.74, 6) is 0.553. The lowest BCUT2D eigenvalue weighted by Crippen LogP contribution is -2.46. The van der Waals surface area contributed by atoms with Gasteiger partial charge < -0.3 is 15.0 Å². The normalized spacial score (nSPS) is 11.6. The number of hydrogen-bond acceptors (Lipinski definition) is 3. The summed E-state index contributed by atoms with van der Waals surface area (Å²) >= 11 is 0. The van der Waals surface area contributed by atoms with Crippen LogP contribution in [0, 0.1) is 0 Å². The average Bonchev–Trinajstić information content (AvgIpc) is 2.75. The number of hydrogen-bond donors (Lipinski definition) is 1. The zero-order chi connectivity index (χ0) is 20.5. The molecule has 0 fully saturated rings. The van der Waals surface area contributed by atoms with Gasteiger partial charge in [-0.3, -0.25) is 9.59 Å². The zero-order valence-corrected chi connectivity index (χ0v) is 17.2. The van der Waals surface area contributed by atoms with E-state index in [1.165, 1.54) is 5.56 Å². The van der Waals surface area contributed by atoms with Gasteiger partial charge in [-0.05, 0) is 48.6 Å². The fourth-order valence-corrected chi connectivity index (χ4v) is 3.06. The summed E-state index contributed by atoms with van der Waals surface area (Å²) in [5, 5.41) is 2.64. The molecule has 0 aliphatic rings. The van der Waals surface area contributed by atoms with Crippen molar-refractivity contribution in [3.8, 4) is 5.75 Å². The van der Waals surface area contributed by atoms with Crippen molar-refractivity contribution in [3.05, 3.63) is 65.2 Å². The molecule has 2 aromatic rings. The SMILES string of the molecule is CCc1ccc(CCC(=O)N(Cc2ccc(OC)cc2)[C@@H](C)C(=O)NC)cc1. The van der Waals surface area contributed by atoms with E-state index in [-0.39, 0.29) is 11.8 Å². The fourth-order valence-electron chi connectivity index (χ4n) is 3.06. The number of ether oxygens (including phenoxy) is 1. The van der Waals surface area contributed by atoms with Gasteiger partial charge in [-0.1, -0.05) is 43.3 Å². The molecule has 1 atom stereocenters. The van der Waals surface area contributed by atoms with Gasteiger partial charge in [0.05, 0.1) is 7.11 Å². The Kier molecular flexibility index (Phi) is 8.05. The number of amides is 2. The predicted molar refractivity (Wildman–Crippen MR) is 111 cm³/mol. The standard InChI is InChI=1S/C23H30N2O3/c1-5-18-6-8-19(9-7-18)12-15-22(26)25(17(2)23(27)24-3)16-20-10-13-21(28-4)14-11-20/h6-11,13-14,17H,5,12,15-16H2,1-4H3,(H,24,27)/t17-/m0/s1. The van der Waals surface area contributed by atoms with Crippen molar-refractivity contribution in [1.82, 2.24) is 10.2 Å². The van der Waals surface area contributed by atoms with Crippen molar-refractivity contribution in [2.24, 2.45) is 0 Å². The lowest BCUT2D eigenvalue weighted by molar-refractivity contribution is -0.140. The third kappa shape index (κ3) is 5.84. The number of benzene rings is 2. The van der Waals surface area contributed by atoms with Crippen molar-refractivity contribution < 1.29 is 14.3 Å². The van der Waals surface area contributed by atoms with Gasteiger partial charge >= 0.3 is 0 Å². The highest BCUT2D eigenvalue weighted by Gasteiger charge is 2.25. The summed E-state index contributed by atoms with van der Waals surface area (Å²) in [7, 11) is 3.20. The van der Waals surface area contributed by atoms with Crippen LogP contribution in [0.3, 0.4) is 0 Å². The van der Waals surface area contributed by atoms with Crippen LogP contribution in [0.2, 0.25) is 0 Å². The minimum atomic E-state index is -0.540. The molecule has 0 spiro atoms. The van der Waals surface area contributed by atoms with Crippen LogP contribution in [0.15, 0.2) is 48.5 Å². The second-order valence-electron chi connectivity index (χ2n) is 6.83. The number of methoxy groups -OCH3 is 1. The molecule has 0 radical (unpaired) electrons. The molecule has 0 aliphatic carbocycles. The van der Waals surface area contributed by atoms with Crippen LogP contribution in [0.25, 0.3) is 0 Å². The lowest BCUT2D eigenvalue weighted by atomic mass is 10.0. The molecule has 0 saturated heterocycles. The van der Waals surface area contributed by atoms with E-state index >= 15 is 0 Å². The Labute approximate surface area is 167 Å². The van der Waals surface area contributed by atoms with E-state index < -0.39 is 6.04 Å². The average molecular weight is 383 g/mol. The van der Waals surface area contributed by atoms with Crippen molar-refractivity contribution in [1.29, 1.82) is 0 Å². The number of carbonyl (C=O) groups is 2. The van der Waals surface area contributed by atoms with E-state index in [2.05, 4.69) is 36.5 Å². The zero-order valence-electron chi connectivity index (χ0n) is 17.2. The summed E-state index contributed by atoms with van der Waals surface area (Å²) < 4.78 is 5.18. The first kappa shape index (κ1) is 21.5. The van der Waals surface area contributed by atoms with Crippen LogP contribution in [-0.2, 0) is 29.0 Å². The van der Waals surface area contributed by atoms with Crippen LogP contribution in [0.5, 0.6) is 5.75 Å². The van der Waals surface area contributed by atoms with Gasteiger partial charge in [0.15, 0.2) is 0 Å². The molecule has 5 nitrogen and oxygen atoms in total. The summed E-state index contributed by atoms with van der Waals surface area (Å²) in [6, 6.07) is 15.4. The number of nitrogens with zero attached hydrogens (tertiary/aromatic N) is 1. The predicted octanol–water partition coefficient (Wildman–Crippen LogP) is 3.35. The highest BCUT2D eigenvalue weighted by molar-refractivity contribution is 5.87. The second-order valence-corrected chi connectivity index (χ2v) is 6.83. The molecule has 0 unspecified atom stereocenters. The summed E-state index contributed by atoms with van der Waals surface area (Å²) in [6.45, 7) is 4.26. The van der Waals surface area contributed by atoms with Gasteiger partial charge in [0.25, 0.3) is 0 Å². The third-order valence-electron chi connectivity index (χ3n) is 4.98. The highest BCUT2D eigenvalue weighted by Crippen LogP contribution is 2.16. The summed E-state index contributed by atoms with van der Waals surface area (Å²) in [5.41, 5.74) is 3.36. The Morgan fingerprint density at radius 3 is 2.11 bits per heavy atom. The minimum absolute atomic E-state index is 0.0357. The van der Waals surface area contributed by atoms with Crippen LogP contribution in [0.4, 0.5) is 0 Å². The Hall–Kier alpha value is -2.82. The first-order valence-electron chi connectivity index (χ1n) is 9.70. The van der Waals surface area contributed by atoms with Crippen molar-refractivity contribution in [2.45, 2.75) is 45.7 Å². The molecule has 2 rings (SSSR count). The van der Waals surface area contributed by atoms with Gasteiger partial charge in [0, 0.05) is 20.0 Å². The maximum Gasteiger partial charge on any atom is 0.242 e. The molecule has 1 N–H and O–H groups in total. The van der Waals surface area contributed by atoms with E-state index in [1.807, 2.05) is 24.3 Å².